The van der Waals surface area contributed by atoms with Crippen LogP contribution < -0.4 is 14.8 Å². The monoisotopic (exact) mass is 409 g/mol. The number of hydrogen-bond donors (Lipinski definition) is 1. The Morgan fingerprint density at radius 1 is 1.13 bits per heavy atom. The molecule has 0 aliphatic carbocycles. The molecular weight excluding hydrogens is 393 g/mol. The Bertz CT molecular complexity index is 1260. The number of nitro groups is 1. The molecule has 0 aliphatic heterocycles. The van der Waals surface area contributed by atoms with Gasteiger partial charge >= 0.3 is 5.69 Å². The summed E-state index contributed by atoms with van der Waals surface area (Å²) in [7, 11) is 2.94. The van der Waals surface area contributed by atoms with Crippen molar-refractivity contribution in [1.29, 1.82) is 0 Å². The standard InChI is InChI=1S/C20H16FN5O4/c1-29-17-5-3-4-15-12(17)7-9-25(15)19-6-8-22-20(24-19)23-14-11-16(26(27)28)13(21)10-18(14)30-2/h3-11H,1-2H3,(H,22,23,24). The lowest BCUT2D eigenvalue weighted by molar-refractivity contribution is -0.387. The van der Waals surface area contributed by atoms with Gasteiger partial charge < -0.3 is 19.4 Å². The van der Waals surface area contributed by atoms with Crippen molar-refractivity contribution in [3.63, 3.8) is 0 Å². The second kappa shape index (κ2) is 7.66. The van der Waals surface area contributed by atoms with E-state index in [1.165, 1.54) is 7.11 Å². The molecule has 30 heavy (non-hydrogen) atoms. The summed E-state index contributed by atoms with van der Waals surface area (Å²) in [4.78, 5) is 18.9. The quantitative estimate of drug-likeness (QED) is 0.375. The molecule has 0 bridgehead atoms. The summed E-state index contributed by atoms with van der Waals surface area (Å²) in [5.41, 5.74) is 0.369. The van der Waals surface area contributed by atoms with Gasteiger partial charge in [0.05, 0.1) is 30.3 Å². The highest BCUT2D eigenvalue weighted by atomic mass is 19.1. The van der Waals surface area contributed by atoms with Gasteiger partial charge in [0.2, 0.25) is 11.8 Å². The van der Waals surface area contributed by atoms with Crippen LogP contribution in [0.3, 0.4) is 0 Å². The Morgan fingerprint density at radius 2 is 1.93 bits per heavy atom. The number of nitrogens with one attached hydrogen (secondary N) is 1. The van der Waals surface area contributed by atoms with E-state index in [9.17, 15) is 14.5 Å². The zero-order chi connectivity index (χ0) is 21.3. The molecule has 4 rings (SSSR count). The Hall–Kier alpha value is -4.21. The van der Waals surface area contributed by atoms with Gasteiger partial charge in [0.25, 0.3) is 0 Å². The molecule has 0 spiro atoms. The zero-order valence-corrected chi connectivity index (χ0v) is 16.0. The van der Waals surface area contributed by atoms with Crippen molar-refractivity contribution < 1.29 is 18.8 Å². The van der Waals surface area contributed by atoms with E-state index in [1.807, 2.05) is 35.0 Å². The maximum Gasteiger partial charge on any atom is 0.307 e. The van der Waals surface area contributed by atoms with E-state index in [1.54, 1.807) is 19.4 Å². The topological polar surface area (TPSA) is 104 Å². The van der Waals surface area contributed by atoms with Crippen molar-refractivity contribution >= 4 is 28.2 Å². The molecule has 0 amide bonds. The molecule has 4 aromatic rings. The van der Waals surface area contributed by atoms with Crippen molar-refractivity contribution in [2.24, 2.45) is 0 Å². The molecule has 10 heteroatoms. The summed E-state index contributed by atoms with van der Waals surface area (Å²) in [5, 5.41) is 14.8. The predicted octanol–water partition coefficient (Wildman–Crippen LogP) is 4.23. The molecule has 2 heterocycles. The minimum Gasteiger partial charge on any atom is -0.496 e. The number of rotatable bonds is 6. The Labute approximate surface area is 169 Å². The number of ether oxygens (including phenoxy) is 2. The van der Waals surface area contributed by atoms with E-state index >= 15 is 0 Å². The molecule has 1 N–H and O–H groups in total. The van der Waals surface area contributed by atoms with E-state index < -0.39 is 16.4 Å². The van der Waals surface area contributed by atoms with E-state index in [-0.39, 0.29) is 17.4 Å². The van der Waals surface area contributed by atoms with Crippen molar-refractivity contribution in [3.8, 4) is 17.3 Å². The molecule has 0 unspecified atom stereocenters. The van der Waals surface area contributed by atoms with Crippen LogP contribution in [0.4, 0.5) is 21.7 Å². The fourth-order valence-corrected chi connectivity index (χ4v) is 3.13. The van der Waals surface area contributed by atoms with E-state index in [0.29, 0.717) is 5.82 Å². The summed E-state index contributed by atoms with van der Waals surface area (Å²) in [5.74, 6) is 0.554. The molecule has 0 radical (unpaired) electrons. The number of nitrogens with zero attached hydrogens (tertiary/aromatic N) is 4. The number of methoxy groups -OCH3 is 2. The Balaban J connectivity index is 1.74. The molecule has 152 valence electrons. The fraction of sp³-hybridized carbons (Fsp3) is 0.100. The molecule has 2 aromatic carbocycles. The van der Waals surface area contributed by atoms with Gasteiger partial charge in [-0.15, -0.1) is 0 Å². The molecule has 0 aliphatic rings. The molecule has 0 atom stereocenters. The average Bonchev–Trinajstić information content (AvgIpc) is 3.19. The largest absolute Gasteiger partial charge is 0.496 e. The summed E-state index contributed by atoms with van der Waals surface area (Å²) < 4.78 is 26.2. The molecule has 2 aromatic heterocycles. The summed E-state index contributed by atoms with van der Waals surface area (Å²) in [6.07, 6.45) is 3.39. The summed E-state index contributed by atoms with van der Waals surface area (Å²) in [6.45, 7) is 0. The average molecular weight is 409 g/mol. The van der Waals surface area contributed by atoms with Crippen LogP contribution >= 0.6 is 0 Å². The Kier molecular flexibility index (Phi) is 4.88. The molecular formula is C20H16FN5O4. The van der Waals surface area contributed by atoms with E-state index in [4.69, 9.17) is 9.47 Å². The van der Waals surface area contributed by atoms with Crippen molar-refractivity contribution in [1.82, 2.24) is 14.5 Å². The lowest BCUT2D eigenvalue weighted by Gasteiger charge is -2.11. The van der Waals surface area contributed by atoms with Gasteiger partial charge in [-0.05, 0) is 24.3 Å². The zero-order valence-electron chi connectivity index (χ0n) is 16.0. The lowest BCUT2D eigenvalue weighted by atomic mass is 10.2. The SMILES string of the molecule is COc1cc(F)c([N+](=O)[O-])cc1Nc1nccc(-n2ccc3c(OC)cccc32)n1. The van der Waals surface area contributed by atoms with Crippen molar-refractivity contribution in [3.05, 3.63) is 70.8 Å². The number of benzene rings is 2. The van der Waals surface area contributed by atoms with Crippen molar-refractivity contribution in [2.75, 3.05) is 19.5 Å². The minimum absolute atomic E-state index is 0.0863. The highest BCUT2D eigenvalue weighted by molar-refractivity contribution is 5.87. The van der Waals surface area contributed by atoms with Gasteiger partial charge in [0.15, 0.2) is 0 Å². The Morgan fingerprint density at radius 3 is 2.67 bits per heavy atom. The van der Waals surface area contributed by atoms with E-state index in [0.717, 1.165) is 28.8 Å². The van der Waals surface area contributed by atoms with Gasteiger partial charge in [-0.2, -0.15) is 9.37 Å². The minimum atomic E-state index is -0.996. The molecule has 0 saturated carbocycles. The number of anilines is 2. The first-order valence-corrected chi connectivity index (χ1v) is 8.78. The predicted molar refractivity (Wildman–Crippen MR) is 108 cm³/mol. The molecule has 9 nitrogen and oxygen atoms in total. The second-order valence-electron chi connectivity index (χ2n) is 6.20. The van der Waals surface area contributed by atoms with Gasteiger partial charge in [-0.3, -0.25) is 10.1 Å². The lowest BCUT2D eigenvalue weighted by Crippen LogP contribution is -2.04. The van der Waals surface area contributed by atoms with Gasteiger partial charge in [-0.25, -0.2) is 4.98 Å². The maximum atomic E-state index is 13.9. The number of fused-ring (bicyclic) bond motifs is 1. The van der Waals surface area contributed by atoms with Crippen LogP contribution in [0.15, 0.2) is 54.9 Å². The fourth-order valence-electron chi connectivity index (χ4n) is 3.13. The van der Waals surface area contributed by atoms with Gasteiger partial charge in [0.1, 0.15) is 17.3 Å². The van der Waals surface area contributed by atoms with Crippen LogP contribution in [0.2, 0.25) is 0 Å². The highest BCUT2D eigenvalue weighted by Crippen LogP contribution is 2.33. The van der Waals surface area contributed by atoms with Crippen LogP contribution in [0.1, 0.15) is 0 Å². The smallest absolute Gasteiger partial charge is 0.307 e. The van der Waals surface area contributed by atoms with Crippen LogP contribution in [0, 0.1) is 15.9 Å². The maximum absolute atomic E-state index is 13.9. The van der Waals surface area contributed by atoms with Crippen LogP contribution in [0.5, 0.6) is 11.5 Å². The summed E-state index contributed by atoms with van der Waals surface area (Å²) >= 11 is 0. The summed E-state index contributed by atoms with van der Waals surface area (Å²) in [6, 6.07) is 11.3. The van der Waals surface area contributed by atoms with Crippen LogP contribution in [0.25, 0.3) is 16.7 Å². The van der Waals surface area contributed by atoms with Crippen molar-refractivity contribution in [2.45, 2.75) is 0 Å². The second-order valence-corrected chi connectivity index (χ2v) is 6.20. The normalized spacial score (nSPS) is 10.8. The van der Waals surface area contributed by atoms with Crippen LogP contribution in [-0.2, 0) is 0 Å². The number of halogens is 1. The third kappa shape index (κ3) is 3.34. The highest BCUT2D eigenvalue weighted by Gasteiger charge is 2.20. The van der Waals surface area contributed by atoms with Gasteiger partial charge in [0, 0.05) is 29.9 Å². The van der Waals surface area contributed by atoms with Gasteiger partial charge in [-0.1, -0.05) is 6.07 Å². The third-order valence-corrected chi connectivity index (χ3v) is 4.51. The third-order valence-electron chi connectivity index (χ3n) is 4.51. The first kappa shape index (κ1) is 19.1. The number of nitro benzene ring substituents is 1. The first-order chi connectivity index (χ1) is 14.5. The molecule has 0 saturated heterocycles. The number of hydrogen-bond acceptors (Lipinski definition) is 7. The first-order valence-electron chi connectivity index (χ1n) is 8.78. The molecule has 0 fully saturated rings. The van der Waals surface area contributed by atoms with Crippen LogP contribution in [-0.4, -0.2) is 33.7 Å². The number of aromatic nitrogens is 3. The van der Waals surface area contributed by atoms with E-state index in [2.05, 4.69) is 15.3 Å².